The first-order valence-electron chi connectivity index (χ1n) is 6.79. The number of nitrogens with zero attached hydrogens (tertiary/aromatic N) is 1. The lowest BCUT2D eigenvalue weighted by Crippen LogP contribution is -2.47. The Morgan fingerprint density at radius 1 is 1.58 bits per heavy atom. The molecule has 1 spiro atoms. The highest BCUT2D eigenvalue weighted by Crippen LogP contribution is 2.38. The zero-order chi connectivity index (χ0) is 13.9. The van der Waals surface area contributed by atoms with Crippen molar-refractivity contribution < 1.29 is 8.42 Å². The van der Waals surface area contributed by atoms with Crippen molar-refractivity contribution in [1.29, 1.82) is 0 Å². The molecule has 2 atom stereocenters. The van der Waals surface area contributed by atoms with Gasteiger partial charge in [-0.25, -0.2) is 13.1 Å². The summed E-state index contributed by atoms with van der Waals surface area (Å²) >= 11 is 1.77. The first-order valence-corrected chi connectivity index (χ1v) is 9.66. The molecule has 1 aliphatic carbocycles. The van der Waals surface area contributed by atoms with Gasteiger partial charge in [0.2, 0.25) is 10.0 Å². The van der Waals surface area contributed by atoms with Crippen LogP contribution in [0, 0.1) is 5.92 Å². The average Bonchev–Trinajstić information content (AvgIpc) is 2.66. The minimum atomic E-state index is -3.10. The number of amidine groups is 1. The SMILES string of the molecule is CC1CCCC2(CSC(=NCCNS(C)(=O)=O)N2)C1. The third-order valence-electron chi connectivity index (χ3n) is 3.68. The van der Waals surface area contributed by atoms with Crippen LogP contribution in [0.2, 0.25) is 0 Å². The van der Waals surface area contributed by atoms with Gasteiger partial charge in [0.25, 0.3) is 0 Å². The van der Waals surface area contributed by atoms with Crippen molar-refractivity contribution in [2.24, 2.45) is 10.9 Å². The predicted molar refractivity (Wildman–Crippen MR) is 81.1 cm³/mol. The quantitative estimate of drug-likeness (QED) is 0.765. The molecule has 0 radical (unpaired) electrons. The number of sulfonamides is 1. The first-order chi connectivity index (χ1) is 8.89. The second-order valence-corrected chi connectivity index (χ2v) is 8.55. The Morgan fingerprint density at radius 2 is 2.37 bits per heavy atom. The molecule has 1 saturated heterocycles. The highest BCUT2D eigenvalue weighted by molar-refractivity contribution is 8.14. The van der Waals surface area contributed by atoms with Crippen LogP contribution in [0.15, 0.2) is 4.99 Å². The summed E-state index contributed by atoms with van der Waals surface area (Å²) < 4.78 is 24.3. The normalized spacial score (nSPS) is 33.8. The minimum Gasteiger partial charge on any atom is -0.359 e. The molecule has 2 aliphatic rings. The van der Waals surface area contributed by atoms with Gasteiger partial charge in [-0.15, -0.1) is 0 Å². The van der Waals surface area contributed by atoms with Gasteiger partial charge in [0, 0.05) is 17.8 Å². The van der Waals surface area contributed by atoms with Gasteiger partial charge in [0.1, 0.15) is 0 Å². The Bertz CT molecular complexity index is 450. The maximum atomic E-state index is 10.9. The molecule has 2 rings (SSSR count). The maximum Gasteiger partial charge on any atom is 0.208 e. The van der Waals surface area contributed by atoms with Crippen molar-refractivity contribution in [3.05, 3.63) is 0 Å². The van der Waals surface area contributed by atoms with Gasteiger partial charge in [-0.2, -0.15) is 0 Å². The van der Waals surface area contributed by atoms with Gasteiger partial charge in [-0.3, -0.25) is 4.99 Å². The van der Waals surface area contributed by atoms with E-state index in [1.165, 1.54) is 31.9 Å². The van der Waals surface area contributed by atoms with Gasteiger partial charge < -0.3 is 5.32 Å². The Kier molecular flexibility index (Phi) is 4.79. The topological polar surface area (TPSA) is 70.6 Å². The van der Waals surface area contributed by atoms with Crippen LogP contribution in [0.5, 0.6) is 0 Å². The maximum absolute atomic E-state index is 10.9. The van der Waals surface area contributed by atoms with E-state index >= 15 is 0 Å². The summed E-state index contributed by atoms with van der Waals surface area (Å²) in [6.07, 6.45) is 6.24. The van der Waals surface area contributed by atoms with Crippen molar-refractivity contribution in [1.82, 2.24) is 10.0 Å². The van der Waals surface area contributed by atoms with Crippen LogP contribution in [-0.4, -0.2) is 44.2 Å². The number of thioether (sulfide) groups is 1. The van der Waals surface area contributed by atoms with Crippen LogP contribution in [0.25, 0.3) is 0 Å². The zero-order valence-electron chi connectivity index (χ0n) is 11.6. The standard InChI is InChI=1S/C12H23N3O2S2/c1-10-4-3-5-12(8-10)9-18-11(15-12)13-6-7-14-19(2,16)17/h10,14H,3-9H2,1-2H3,(H,13,15). The highest BCUT2D eigenvalue weighted by Gasteiger charge is 2.40. The molecule has 1 aliphatic heterocycles. The molecule has 7 heteroatoms. The lowest BCUT2D eigenvalue weighted by Gasteiger charge is -2.36. The highest BCUT2D eigenvalue weighted by atomic mass is 32.2. The van der Waals surface area contributed by atoms with Gasteiger partial charge >= 0.3 is 0 Å². The molecule has 0 bridgehead atoms. The smallest absolute Gasteiger partial charge is 0.208 e. The molecule has 0 aromatic carbocycles. The second-order valence-electron chi connectivity index (χ2n) is 5.75. The number of nitrogens with one attached hydrogen (secondary N) is 2. The third-order valence-corrected chi connectivity index (χ3v) is 5.61. The van der Waals surface area contributed by atoms with Crippen LogP contribution in [-0.2, 0) is 10.0 Å². The van der Waals surface area contributed by atoms with E-state index in [1.807, 2.05) is 0 Å². The Labute approximate surface area is 120 Å². The molecule has 2 N–H and O–H groups in total. The largest absolute Gasteiger partial charge is 0.359 e. The van der Waals surface area contributed by atoms with E-state index in [9.17, 15) is 8.42 Å². The van der Waals surface area contributed by atoms with Crippen LogP contribution in [0.1, 0.15) is 32.6 Å². The van der Waals surface area contributed by atoms with Crippen molar-refractivity contribution >= 4 is 27.0 Å². The summed E-state index contributed by atoms with van der Waals surface area (Å²) in [4.78, 5) is 4.44. The summed E-state index contributed by atoms with van der Waals surface area (Å²) in [5.41, 5.74) is 0.241. The van der Waals surface area contributed by atoms with E-state index in [1.54, 1.807) is 11.8 Å². The second kappa shape index (κ2) is 6.01. The van der Waals surface area contributed by atoms with Crippen molar-refractivity contribution in [3.8, 4) is 0 Å². The number of rotatable bonds is 4. The van der Waals surface area contributed by atoms with E-state index in [4.69, 9.17) is 0 Å². The van der Waals surface area contributed by atoms with E-state index in [2.05, 4.69) is 22.0 Å². The van der Waals surface area contributed by atoms with Gasteiger partial charge in [0.15, 0.2) is 5.17 Å². The number of hydrogen-bond acceptors (Lipinski definition) is 4. The Morgan fingerprint density at radius 3 is 3.05 bits per heavy atom. The fraction of sp³-hybridized carbons (Fsp3) is 0.917. The molecule has 1 heterocycles. The third kappa shape index (κ3) is 4.65. The monoisotopic (exact) mass is 305 g/mol. The van der Waals surface area contributed by atoms with Crippen LogP contribution in [0.3, 0.4) is 0 Å². The summed E-state index contributed by atoms with van der Waals surface area (Å²) in [7, 11) is -3.10. The lowest BCUT2D eigenvalue weighted by molar-refractivity contribution is 0.242. The predicted octanol–water partition coefficient (Wildman–Crippen LogP) is 1.18. The van der Waals surface area contributed by atoms with Crippen molar-refractivity contribution in [2.75, 3.05) is 25.1 Å². The molecule has 1 saturated carbocycles. The number of hydrogen-bond donors (Lipinski definition) is 2. The molecule has 5 nitrogen and oxygen atoms in total. The fourth-order valence-corrected chi connectivity index (χ4v) is 4.56. The van der Waals surface area contributed by atoms with E-state index in [-0.39, 0.29) is 5.54 Å². The molecule has 110 valence electrons. The van der Waals surface area contributed by atoms with Crippen LogP contribution < -0.4 is 10.0 Å². The van der Waals surface area contributed by atoms with Crippen LogP contribution in [0.4, 0.5) is 0 Å². The lowest BCUT2D eigenvalue weighted by atomic mass is 9.78. The summed E-state index contributed by atoms with van der Waals surface area (Å²) in [6, 6.07) is 0. The number of aliphatic imine (C=N–C) groups is 1. The molecular formula is C12H23N3O2S2. The van der Waals surface area contributed by atoms with Crippen LogP contribution >= 0.6 is 11.8 Å². The van der Waals surface area contributed by atoms with Gasteiger partial charge in [0.05, 0.1) is 12.8 Å². The molecule has 19 heavy (non-hydrogen) atoms. The molecule has 2 fully saturated rings. The Hall–Kier alpha value is -0.270. The zero-order valence-corrected chi connectivity index (χ0v) is 13.2. The molecule has 0 amide bonds. The summed E-state index contributed by atoms with van der Waals surface area (Å²) in [6.45, 7) is 3.18. The molecule has 0 aromatic heterocycles. The summed E-state index contributed by atoms with van der Waals surface area (Å²) in [5, 5.41) is 4.55. The van der Waals surface area contributed by atoms with E-state index < -0.39 is 10.0 Å². The molecule has 2 unspecified atom stereocenters. The van der Waals surface area contributed by atoms with E-state index in [0.717, 1.165) is 16.8 Å². The molecular weight excluding hydrogens is 282 g/mol. The first kappa shape index (κ1) is 15.1. The fourth-order valence-electron chi connectivity index (χ4n) is 2.88. The van der Waals surface area contributed by atoms with Gasteiger partial charge in [-0.05, 0) is 18.8 Å². The Balaban J connectivity index is 1.81. The van der Waals surface area contributed by atoms with Gasteiger partial charge in [-0.1, -0.05) is 31.5 Å². The minimum absolute atomic E-state index is 0.241. The van der Waals surface area contributed by atoms with E-state index in [0.29, 0.717) is 13.1 Å². The van der Waals surface area contributed by atoms with Crippen molar-refractivity contribution in [2.45, 2.75) is 38.1 Å². The van der Waals surface area contributed by atoms with Crippen molar-refractivity contribution in [3.63, 3.8) is 0 Å². The summed E-state index contributed by atoms with van der Waals surface area (Å²) in [5.74, 6) is 1.88. The molecule has 0 aromatic rings. The average molecular weight is 305 g/mol.